The molecule has 1 saturated carbocycles. The van der Waals surface area contributed by atoms with E-state index in [0.717, 1.165) is 80.6 Å². The van der Waals surface area contributed by atoms with Gasteiger partial charge in [-0.3, -0.25) is 9.69 Å². The number of fused-ring (bicyclic) bond motifs is 1. The smallest absolute Gasteiger partial charge is 0.410 e. The molecule has 3 aliphatic rings. The first-order chi connectivity index (χ1) is 19.7. The molecule has 6 rings (SSSR count). The minimum absolute atomic E-state index is 0.233. The van der Waals surface area contributed by atoms with Gasteiger partial charge in [-0.05, 0) is 76.8 Å². The number of carbonyl (C=O) groups is 2. The predicted octanol–water partition coefficient (Wildman–Crippen LogP) is 5.16. The number of halogens is 1. The van der Waals surface area contributed by atoms with E-state index >= 15 is 0 Å². The van der Waals surface area contributed by atoms with Crippen LogP contribution in [0.15, 0.2) is 30.3 Å². The third-order valence-corrected chi connectivity index (χ3v) is 8.64. The van der Waals surface area contributed by atoms with Crippen molar-refractivity contribution < 1.29 is 18.7 Å². The third kappa shape index (κ3) is 5.66. The first-order valence-corrected chi connectivity index (χ1v) is 14.8. The topological polar surface area (TPSA) is 83.8 Å². The fourth-order valence-electron chi connectivity index (χ4n) is 6.25. The number of piperazine rings is 1. The van der Waals surface area contributed by atoms with Crippen LogP contribution in [0.1, 0.15) is 75.0 Å². The lowest BCUT2D eigenvalue weighted by molar-refractivity contribution is 0.00902. The molecular formula is C31H39FN6O3. The summed E-state index contributed by atoms with van der Waals surface area (Å²) in [6, 6.07) is 8.62. The number of ether oxygens (including phenoxy) is 1. The number of aromatic nitrogens is 3. The van der Waals surface area contributed by atoms with Crippen LogP contribution in [-0.2, 0) is 4.74 Å². The number of nitrogens with zero attached hydrogens (tertiary/aromatic N) is 6. The lowest BCUT2D eigenvalue weighted by Gasteiger charge is -2.43. The first-order valence-electron chi connectivity index (χ1n) is 14.8. The van der Waals surface area contributed by atoms with Crippen molar-refractivity contribution in [2.24, 2.45) is 0 Å². The Hall–Kier alpha value is -3.53. The minimum Gasteiger partial charge on any atom is -0.444 e. The second-order valence-corrected chi connectivity index (χ2v) is 12.5. The van der Waals surface area contributed by atoms with Crippen LogP contribution >= 0.6 is 0 Å². The van der Waals surface area contributed by atoms with Crippen LogP contribution in [0.5, 0.6) is 0 Å². The van der Waals surface area contributed by atoms with Gasteiger partial charge in [-0.15, -0.1) is 0 Å². The van der Waals surface area contributed by atoms with E-state index in [1.165, 1.54) is 18.6 Å². The average molecular weight is 563 g/mol. The molecule has 0 spiro atoms. The molecular weight excluding hydrogens is 523 g/mol. The molecule has 0 N–H and O–H groups in total. The number of aldehydes is 1. The van der Waals surface area contributed by atoms with E-state index in [2.05, 4.69) is 9.80 Å². The molecule has 2 aromatic heterocycles. The van der Waals surface area contributed by atoms with Crippen molar-refractivity contribution in [3.05, 3.63) is 47.5 Å². The lowest BCUT2D eigenvalue weighted by Crippen LogP contribution is -2.55. The maximum absolute atomic E-state index is 13.7. The number of amides is 1. The van der Waals surface area contributed by atoms with E-state index in [4.69, 9.17) is 14.8 Å². The highest BCUT2D eigenvalue weighted by Crippen LogP contribution is 2.43. The van der Waals surface area contributed by atoms with Gasteiger partial charge in [0.15, 0.2) is 11.9 Å². The summed E-state index contributed by atoms with van der Waals surface area (Å²) in [4.78, 5) is 35.9. The molecule has 4 heterocycles. The second-order valence-electron chi connectivity index (χ2n) is 12.5. The second kappa shape index (κ2) is 11.0. The number of hydrogen-bond acceptors (Lipinski definition) is 7. The number of anilines is 1. The highest BCUT2D eigenvalue weighted by Gasteiger charge is 2.33. The lowest BCUT2D eigenvalue weighted by atomic mass is 9.82. The number of piperidine rings is 1. The minimum atomic E-state index is -0.489. The molecule has 0 atom stereocenters. The Bertz CT molecular complexity index is 1410. The van der Waals surface area contributed by atoms with Crippen molar-refractivity contribution in [3.8, 4) is 5.69 Å². The van der Waals surface area contributed by atoms with Crippen LogP contribution in [0.4, 0.5) is 14.9 Å². The zero-order valence-electron chi connectivity index (χ0n) is 24.2. The normalized spacial score (nSPS) is 19.4. The fraction of sp³-hybridized carbons (Fsp3) is 0.548. The zero-order valence-corrected chi connectivity index (χ0v) is 24.2. The molecule has 0 radical (unpaired) electrons. The molecule has 9 nitrogen and oxygen atoms in total. The van der Waals surface area contributed by atoms with Crippen molar-refractivity contribution in [2.45, 2.75) is 70.4 Å². The summed E-state index contributed by atoms with van der Waals surface area (Å²) in [5, 5.41) is 6.02. The molecule has 10 heteroatoms. The maximum atomic E-state index is 13.7. The standard InChI is InChI=1S/C31H39FN6O3/c1-31(2,3)41-30(40)37-17-15-35(16-18-37)24-11-13-36(14-12-24)26-19-23(20-39)33-29-27(26)28(21-5-4-6-21)34-38(29)25-9-7-22(32)8-10-25/h7-10,19-21,24H,4-6,11-18H2,1-3H3. The number of benzene rings is 1. The summed E-state index contributed by atoms with van der Waals surface area (Å²) in [6.07, 6.45) is 5.91. The van der Waals surface area contributed by atoms with Crippen LogP contribution in [-0.4, -0.2) is 87.9 Å². The highest BCUT2D eigenvalue weighted by molar-refractivity contribution is 5.96. The Balaban J connectivity index is 1.22. The SMILES string of the molecule is CC(C)(C)OC(=O)N1CCN(C2CCN(c3cc(C=O)nc4c3c(C3CCC3)nn4-c3ccc(F)cc3)CC2)CC1. The molecule has 3 aromatic rings. The number of pyridine rings is 1. The summed E-state index contributed by atoms with van der Waals surface area (Å²) in [5.41, 5.74) is 3.30. The molecule has 3 fully saturated rings. The van der Waals surface area contributed by atoms with Gasteiger partial charge in [-0.25, -0.2) is 18.9 Å². The monoisotopic (exact) mass is 562 g/mol. The van der Waals surface area contributed by atoms with E-state index in [0.29, 0.717) is 36.4 Å². The summed E-state index contributed by atoms with van der Waals surface area (Å²) in [5.74, 6) is 0.0569. The predicted molar refractivity (Wildman–Crippen MR) is 155 cm³/mol. The van der Waals surface area contributed by atoms with E-state index in [-0.39, 0.29) is 11.9 Å². The summed E-state index contributed by atoms with van der Waals surface area (Å²) >= 11 is 0. The molecule has 1 aromatic carbocycles. The molecule has 1 aliphatic carbocycles. The van der Waals surface area contributed by atoms with Crippen molar-refractivity contribution >= 4 is 29.1 Å². The fourth-order valence-corrected chi connectivity index (χ4v) is 6.25. The number of hydrogen-bond donors (Lipinski definition) is 0. The van der Waals surface area contributed by atoms with Gasteiger partial charge in [0.2, 0.25) is 0 Å². The van der Waals surface area contributed by atoms with Gasteiger partial charge in [0.1, 0.15) is 17.1 Å². The van der Waals surface area contributed by atoms with Crippen LogP contribution in [0.3, 0.4) is 0 Å². The Morgan fingerprint density at radius 1 is 1.00 bits per heavy atom. The van der Waals surface area contributed by atoms with Gasteiger partial charge >= 0.3 is 6.09 Å². The van der Waals surface area contributed by atoms with E-state index < -0.39 is 5.60 Å². The third-order valence-electron chi connectivity index (χ3n) is 8.64. The van der Waals surface area contributed by atoms with E-state index in [1.54, 1.807) is 16.8 Å². The van der Waals surface area contributed by atoms with Gasteiger partial charge in [-0.2, -0.15) is 5.10 Å². The molecule has 41 heavy (non-hydrogen) atoms. The van der Waals surface area contributed by atoms with Crippen LogP contribution in [0, 0.1) is 5.82 Å². The van der Waals surface area contributed by atoms with Crippen LogP contribution in [0.2, 0.25) is 0 Å². The van der Waals surface area contributed by atoms with Crippen molar-refractivity contribution in [1.29, 1.82) is 0 Å². The Labute approximate surface area is 240 Å². The van der Waals surface area contributed by atoms with Crippen molar-refractivity contribution in [3.63, 3.8) is 0 Å². The summed E-state index contributed by atoms with van der Waals surface area (Å²) < 4.78 is 21.0. The Kier molecular flexibility index (Phi) is 7.44. The molecule has 0 unspecified atom stereocenters. The van der Waals surface area contributed by atoms with E-state index in [9.17, 15) is 14.0 Å². The first kappa shape index (κ1) is 27.6. The van der Waals surface area contributed by atoms with Crippen molar-refractivity contribution in [1.82, 2.24) is 24.6 Å². The van der Waals surface area contributed by atoms with Gasteiger partial charge in [0.05, 0.1) is 22.5 Å². The van der Waals surface area contributed by atoms with Gasteiger partial charge < -0.3 is 14.5 Å². The van der Waals surface area contributed by atoms with Gasteiger partial charge in [0, 0.05) is 51.2 Å². The molecule has 218 valence electrons. The molecule has 2 saturated heterocycles. The quantitative estimate of drug-likeness (QED) is 0.397. The largest absolute Gasteiger partial charge is 0.444 e. The maximum Gasteiger partial charge on any atom is 0.410 e. The summed E-state index contributed by atoms with van der Waals surface area (Å²) in [6.45, 7) is 10.4. The van der Waals surface area contributed by atoms with Gasteiger partial charge in [-0.1, -0.05) is 6.42 Å². The Morgan fingerprint density at radius 3 is 2.27 bits per heavy atom. The van der Waals surface area contributed by atoms with Crippen LogP contribution in [0.25, 0.3) is 16.7 Å². The average Bonchev–Trinajstić information content (AvgIpc) is 3.30. The molecule has 2 aliphatic heterocycles. The van der Waals surface area contributed by atoms with Crippen molar-refractivity contribution in [2.75, 3.05) is 44.2 Å². The van der Waals surface area contributed by atoms with Gasteiger partial charge in [0.25, 0.3) is 0 Å². The molecule has 0 bridgehead atoms. The van der Waals surface area contributed by atoms with Crippen LogP contribution < -0.4 is 4.90 Å². The highest BCUT2D eigenvalue weighted by atomic mass is 19.1. The molecule has 1 amide bonds. The van der Waals surface area contributed by atoms with E-state index in [1.807, 2.05) is 31.7 Å². The summed E-state index contributed by atoms with van der Waals surface area (Å²) in [7, 11) is 0. The number of carbonyl (C=O) groups excluding carboxylic acids is 2. The Morgan fingerprint density at radius 2 is 1.68 bits per heavy atom. The zero-order chi connectivity index (χ0) is 28.7. The number of rotatable bonds is 5.